The molecule has 8 heteroatoms. The van der Waals surface area contributed by atoms with Crippen LogP contribution < -0.4 is 5.32 Å². The van der Waals surface area contributed by atoms with Crippen molar-refractivity contribution in [3.8, 4) is 11.3 Å². The van der Waals surface area contributed by atoms with Crippen LogP contribution in [0.3, 0.4) is 0 Å². The Morgan fingerprint density at radius 2 is 1.89 bits per heavy atom. The highest BCUT2D eigenvalue weighted by Crippen LogP contribution is 2.36. The fraction of sp³-hybridized carbons (Fsp3) is 0.345. The summed E-state index contributed by atoms with van der Waals surface area (Å²) in [5, 5.41) is 6.61. The lowest BCUT2D eigenvalue weighted by Crippen LogP contribution is -2.43. The number of hydrogen-bond donors (Lipinski definition) is 2. The summed E-state index contributed by atoms with van der Waals surface area (Å²) in [6.45, 7) is 0.697. The second-order valence-corrected chi connectivity index (χ2v) is 10.8. The number of benzene rings is 2. The number of likely N-dealkylation sites (tertiary alicyclic amines) is 1. The van der Waals surface area contributed by atoms with Gasteiger partial charge in [0.15, 0.2) is 5.13 Å². The van der Waals surface area contributed by atoms with Gasteiger partial charge in [0, 0.05) is 34.1 Å². The number of ether oxygens (including phenoxy) is 1. The molecule has 0 radical (unpaired) electrons. The van der Waals surface area contributed by atoms with Crippen molar-refractivity contribution in [1.82, 2.24) is 14.9 Å². The van der Waals surface area contributed by atoms with Gasteiger partial charge in [0.1, 0.15) is 12.6 Å². The molecule has 6 rings (SSSR count). The lowest BCUT2D eigenvalue weighted by atomic mass is 10.0. The van der Waals surface area contributed by atoms with Gasteiger partial charge in [-0.05, 0) is 55.4 Å². The molecular formula is C29H30N4O3S. The molecule has 7 nitrogen and oxygen atoms in total. The van der Waals surface area contributed by atoms with Crippen LogP contribution in [0.15, 0.2) is 60.0 Å². The highest BCUT2D eigenvalue weighted by molar-refractivity contribution is 7.14. The van der Waals surface area contributed by atoms with Gasteiger partial charge >= 0.3 is 6.09 Å². The Morgan fingerprint density at radius 3 is 2.73 bits per heavy atom. The van der Waals surface area contributed by atoms with Gasteiger partial charge in [-0.2, -0.15) is 0 Å². The summed E-state index contributed by atoms with van der Waals surface area (Å²) in [7, 11) is 0. The number of nitrogens with zero attached hydrogens (tertiary/aromatic N) is 2. The molecule has 3 heterocycles. The molecule has 190 valence electrons. The summed E-state index contributed by atoms with van der Waals surface area (Å²) in [6, 6.07) is 17.6. The summed E-state index contributed by atoms with van der Waals surface area (Å²) < 4.78 is 5.47. The largest absolute Gasteiger partial charge is 0.445 e. The second kappa shape index (κ2) is 10.4. The van der Waals surface area contributed by atoms with Gasteiger partial charge in [-0.1, -0.05) is 49.2 Å². The maximum Gasteiger partial charge on any atom is 0.410 e. The minimum atomic E-state index is -0.555. The van der Waals surface area contributed by atoms with E-state index in [0.29, 0.717) is 24.0 Å². The third-order valence-corrected chi connectivity index (χ3v) is 8.22. The number of amides is 2. The lowest BCUT2D eigenvalue weighted by Gasteiger charge is -2.22. The molecule has 0 bridgehead atoms. The van der Waals surface area contributed by atoms with Crippen molar-refractivity contribution in [3.63, 3.8) is 0 Å². The summed E-state index contributed by atoms with van der Waals surface area (Å²) in [5.41, 5.74) is 5.25. The fourth-order valence-corrected chi connectivity index (χ4v) is 6.21. The molecule has 2 aromatic heterocycles. The molecular weight excluding hydrogens is 484 g/mol. The number of thiazole rings is 1. The van der Waals surface area contributed by atoms with Crippen LogP contribution in [0.5, 0.6) is 0 Å². The summed E-state index contributed by atoms with van der Waals surface area (Å²) in [4.78, 5) is 35.5. The van der Waals surface area contributed by atoms with Crippen LogP contribution in [0.25, 0.3) is 22.2 Å². The molecule has 1 atom stereocenters. The Labute approximate surface area is 219 Å². The van der Waals surface area contributed by atoms with Gasteiger partial charge in [-0.3, -0.25) is 9.69 Å². The van der Waals surface area contributed by atoms with Crippen molar-refractivity contribution in [1.29, 1.82) is 0 Å². The first kappa shape index (κ1) is 23.7. The summed E-state index contributed by atoms with van der Waals surface area (Å²) in [5.74, 6) is 0.417. The van der Waals surface area contributed by atoms with Gasteiger partial charge in [0.2, 0.25) is 5.91 Å². The molecule has 4 aromatic rings. The SMILES string of the molecule is O=C(Nc1nc(-c2ccc3[nH]c(C4CCCC4)cc3c2)cs1)[C@@H]1CCCN1C(=O)OCc1ccccc1. The van der Waals surface area contributed by atoms with E-state index in [2.05, 4.69) is 39.6 Å². The molecule has 1 saturated carbocycles. The van der Waals surface area contributed by atoms with Crippen molar-refractivity contribution < 1.29 is 14.3 Å². The van der Waals surface area contributed by atoms with Gasteiger partial charge in [0.05, 0.1) is 5.69 Å². The number of rotatable bonds is 6. The smallest absolute Gasteiger partial charge is 0.410 e. The monoisotopic (exact) mass is 514 g/mol. The van der Waals surface area contributed by atoms with E-state index in [0.717, 1.165) is 28.8 Å². The van der Waals surface area contributed by atoms with Crippen molar-refractivity contribution in [2.75, 3.05) is 11.9 Å². The summed E-state index contributed by atoms with van der Waals surface area (Å²) >= 11 is 1.39. The topological polar surface area (TPSA) is 87.3 Å². The summed E-state index contributed by atoms with van der Waals surface area (Å²) in [6.07, 6.45) is 6.06. The zero-order chi connectivity index (χ0) is 25.2. The Balaban J connectivity index is 1.10. The number of carbonyl (C=O) groups is 2. The molecule has 2 aromatic carbocycles. The van der Waals surface area contributed by atoms with E-state index in [1.165, 1.54) is 53.0 Å². The van der Waals surface area contributed by atoms with E-state index in [1.54, 1.807) is 0 Å². The first-order valence-corrected chi connectivity index (χ1v) is 13.9. The number of nitrogens with one attached hydrogen (secondary N) is 2. The molecule has 0 spiro atoms. The zero-order valence-corrected chi connectivity index (χ0v) is 21.4. The standard InChI is InChI=1S/C29H30N4O3S/c34-27(26-11-6-14-33(26)29(35)36-17-19-7-2-1-3-8-19)32-28-31-25(18-37-28)21-12-13-23-22(15-21)16-24(30-23)20-9-4-5-10-20/h1-3,7-8,12-13,15-16,18,20,26,30H,4-6,9-11,14,17H2,(H,31,32,34)/t26-/m0/s1. The zero-order valence-electron chi connectivity index (χ0n) is 20.6. The van der Waals surface area contributed by atoms with Crippen LogP contribution in [-0.2, 0) is 16.1 Å². The number of H-pyrrole nitrogens is 1. The quantitative estimate of drug-likeness (QED) is 0.300. The van der Waals surface area contributed by atoms with Gasteiger partial charge in [-0.15, -0.1) is 11.3 Å². The number of fused-ring (bicyclic) bond motifs is 1. The molecule has 1 aliphatic carbocycles. The van der Waals surface area contributed by atoms with E-state index < -0.39 is 12.1 Å². The van der Waals surface area contributed by atoms with E-state index in [1.807, 2.05) is 35.7 Å². The maximum atomic E-state index is 13.1. The molecule has 1 aliphatic heterocycles. The average molecular weight is 515 g/mol. The van der Waals surface area contributed by atoms with E-state index in [-0.39, 0.29) is 12.5 Å². The Hall–Kier alpha value is -3.65. The Morgan fingerprint density at radius 1 is 1.05 bits per heavy atom. The number of anilines is 1. The minimum Gasteiger partial charge on any atom is -0.445 e. The number of carbonyl (C=O) groups excluding carboxylic acids is 2. The van der Waals surface area contributed by atoms with Crippen LogP contribution in [-0.4, -0.2) is 39.5 Å². The normalized spacial score (nSPS) is 17.9. The minimum absolute atomic E-state index is 0.188. The molecule has 0 unspecified atom stereocenters. The van der Waals surface area contributed by atoms with Crippen LogP contribution in [0.1, 0.15) is 55.7 Å². The molecule has 2 fully saturated rings. The number of aromatic nitrogens is 2. The van der Waals surface area contributed by atoms with Crippen molar-refractivity contribution in [2.45, 2.75) is 57.1 Å². The van der Waals surface area contributed by atoms with Crippen molar-refractivity contribution >= 4 is 39.4 Å². The van der Waals surface area contributed by atoms with E-state index in [4.69, 9.17) is 4.74 Å². The van der Waals surface area contributed by atoms with Gasteiger partial charge in [-0.25, -0.2) is 9.78 Å². The lowest BCUT2D eigenvalue weighted by molar-refractivity contribution is -0.120. The first-order chi connectivity index (χ1) is 18.1. The van der Waals surface area contributed by atoms with Crippen LogP contribution in [0.2, 0.25) is 0 Å². The van der Waals surface area contributed by atoms with Crippen molar-refractivity contribution in [2.24, 2.45) is 0 Å². The van der Waals surface area contributed by atoms with Crippen LogP contribution >= 0.6 is 11.3 Å². The third kappa shape index (κ3) is 5.11. The predicted octanol–water partition coefficient (Wildman–Crippen LogP) is 6.69. The second-order valence-electron chi connectivity index (χ2n) is 9.93. The maximum absolute atomic E-state index is 13.1. The van der Waals surface area contributed by atoms with Gasteiger partial charge in [0.25, 0.3) is 0 Å². The highest BCUT2D eigenvalue weighted by Gasteiger charge is 2.35. The average Bonchev–Trinajstić information content (AvgIpc) is 3.73. The molecule has 1 saturated heterocycles. The van der Waals surface area contributed by atoms with Crippen LogP contribution in [0.4, 0.5) is 9.93 Å². The Bertz CT molecular complexity index is 1410. The molecule has 2 amide bonds. The Kier molecular flexibility index (Phi) is 6.66. The fourth-order valence-electron chi connectivity index (χ4n) is 5.48. The van der Waals surface area contributed by atoms with E-state index >= 15 is 0 Å². The molecule has 2 aliphatic rings. The number of hydrogen-bond acceptors (Lipinski definition) is 5. The number of aromatic amines is 1. The van der Waals surface area contributed by atoms with Gasteiger partial charge < -0.3 is 15.0 Å². The van der Waals surface area contributed by atoms with Crippen LogP contribution in [0, 0.1) is 0 Å². The van der Waals surface area contributed by atoms with Crippen molar-refractivity contribution in [3.05, 3.63) is 71.2 Å². The third-order valence-electron chi connectivity index (χ3n) is 7.46. The highest BCUT2D eigenvalue weighted by atomic mass is 32.1. The van der Waals surface area contributed by atoms with E-state index in [9.17, 15) is 9.59 Å². The first-order valence-electron chi connectivity index (χ1n) is 13.0. The predicted molar refractivity (Wildman–Crippen MR) is 146 cm³/mol. The molecule has 37 heavy (non-hydrogen) atoms. The molecule has 2 N–H and O–H groups in total.